The van der Waals surface area contributed by atoms with Crippen LogP contribution in [0.4, 0.5) is 16.2 Å². The zero-order valence-corrected chi connectivity index (χ0v) is 22.5. The molecule has 1 aromatic carbocycles. The number of ether oxygens (including phenoxy) is 1. The molecule has 2 aliphatic rings. The number of likely N-dealkylation sites (tertiary alicyclic amines) is 1. The maximum atomic E-state index is 12.6. The number of hydrogen-bond donors (Lipinski definition) is 0. The number of rotatable bonds is 3. The van der Waals surface area contributed by atoms with Gasteiger partial charge in [-0.3, -0.25) is 14.6 Å². The lowest BCUT2D eigenvalue weighted by molar-refractivity contribution is 0.00872. The van der Waals surface area contributed by atoms with Crippen molar-refractivity contribution in [2.75, 3.05) is 29.9 Å². The van der Waals surface area contributed by atoms with Crippen molar-refractivity contribution in [1.29, 1.82) is 0 Å². The number of carbonyl (C=O) groups excluding carboxylic acids is 2. The van der Waals surface area contributed by atoms with E-state index < -0.39 is 5.60 Å². The molecule has 1 amide bonds. The minimum atomic E-state index is -0.570. The summed E-state index contributed by atoms with van der Waals surface area (Å²) in [6, 6.07) is 10.0. The number of benzene rings is 1. The topological polar surface area (TPSA) is 96.7 Å². The van der Waals surface area contributed by atoms with Gasteiger partial charge in [-0.05, 0) is 44.5 Å². The molecule has 6 rings (SSSR count). The lowest BCUT2D eigenvalue weighted by Crippen LogP contribution is -2.61. The summed E-state index contributed by atoms with van der Waals surface area (Å²) in [7, 11) is 3.71. The third-order valence-electron chi connectivity index (χ3n) is 7.04. The Kier molecular flexibility index (Phi) is 5.66. The maximum absolute atomic E-state index is 12.6. The van der Waals surface area contributed by atoms with E-state index in [1.54, 1.807) is 22.0 Å². The molecule has 0 radical (unpaired) electrons. The summed E-state index contributed by atoms with van der Waals surface area (Å²) in [5.41, 5.74) is 5.70. The molecule has 1 saturated heterocycles. The van der Waals surface area contributed by atoms with Crippen LogP contribution in [0.2, 0.25) is 0 Å². The van der Waals surface area contributed by atoms with Crippen molar-refractivity contribution in [2.45, 2.75) is 32.4 Å². The number of aromatic nitrogens is 4. The number of aryl methyl sites for hydroxylation is 1. The van der Waals surface area contributed by atoms with E-state index in [2.05, 4.69) is 27.1 Å². The van der Waals surface area contributed by atoms with Crippen LogP contribution in [0.5, 0.6) is 0 Å². The first-order valence-corrected chi connectivity index (χ1v) is 12.8. The molecule has 0 spiro atoms. The molecule has 3 aromatic heterocycles. The number of fused-ring (bicyclic) bond motifs is 3. The maximum Gasteiger partial charge on any atom is 0.410 e. The van der Waals surface area contributed by atoms with Crippen LogP contribution in [-0.4, -0.2) is 68.5 Å². The lowest BCUT2D eigenvalue weighted by atomic mass is 10.0. The molecule has 0 bridgehead atoms. The highest BCUT2D eigenvalue weighted by Crippen LogP contribution is 2.47. The second kappa shape index (κ2) is 8.96. The molecule has 4 aromatic rings. The zero-order chi connectivity index (χ0) is 27.5. The largest absolute Gasteiger partial charge is 0.444 e. The van der Waals surface area contributed by atoms with Gasteiger partial charge in [0.15, 0.2) is 5.94 Å². The van der Waals surface area contributed by atoms with Crippen molar-refractivity contribution in [3.8, 4) is 22.4 Å². The monoisotopic (exact) mass is 523 g/mol. The highest BCUT2D eigenvalue weighted by Gasteiger charge is 2.44. The van der Waals surface area contributed by atoms with E-state index in [-0.39, 0.29) is 12.1 Å². The van der Waals surface area contributed by atoms with E-state index in [1.807, 2.05) is 81.3 Å². The molecule has 2 aliphatic heterocycles. The van der Waals surface area contributed by atoms with Gasteiger partial charge in [-0.15, -0.1) is 0 Å². The quantitative estimate of drug-likeness (QED) is 0.368. The van der Waals surface area contributed by atoms with Crippen LogP contribution in [0.3, 0.4) is 0 Å². The highest BCUT2D eigenvalue weighted by atomic mass is 16.6. The fraction of sp³-hybridized carbons (Fsp3) is 0.310. The number of nitrogens with zero attached hydrogens (tertiary/aromatic N) is 7. The Morgan fingerprint density at radius 2 is 1.77 bits per heavy atom. The van der Waals surface area contributed by atoms with E-state index in [4.69, 9.17) is 4.74 Å². The summed E-state index contributed by atoms with van der Waals surface area (Å²) in [6.07, 6.45) is 7.00. The van der Waals surface area contributed by atoms with Gasteiger partial charge >= 0.3 is 6.09 Å². The molecule has 5 heterocycles. The van der Waals surface area contributed by atoms with Crippen LogP contribution in [-0.2, 0) is 16.6 Å². The van der Waals surface area contributed by atoms with Crippen molar-refractivity contribution in [3.05, 3.63) is 60.9 Å². The van der Waals surface area contributed by atoms with E-state index in [1.165, 1.54) is 0 Å². The smallest absolute Gasteiger partial charge is 0.410 e. The first-order valence-electron chi connectivity index (χ1n) is 12.8. The van der Waals surface area contributed by atoms with Crippen molar-refractivity contribution in [1.82, 2.24) is 24.6 Å². The van der Waals surface area contributed by atoms with Gasteiger partial charge in [-0.1, -0.05) is 12.1 Å². The van der Waals surface area contributed by atoms with Crippen molar-refractivity contribution < 1.29 is 14.3 Å². The SMILES string of the molecule is CN1C(=C=O)N(C2CN(C(=O)OC(C)(C)C)C2)c2c1cnc1ccc(-c3ccc(-c4cnn(C)c4)nc3)cc21. The Morgan fingerprint density at radius 1 is 1.00 bits per heavy atom. The van der Waals surface area contributed by atoms with Crippen LogP contribution in [0.1, 0.15) is 20.8 Å². The Labute approximate surface area is 226 Å². The summed E-state index contributed by atoms with van der Waals surface area (Å²) in [5, 5.41) is 5.14. The normalized spacial score (nSPS) is 15.4. The fourth-order valence-corrected chi connectivity index (χ4v) is 5.08. The third-order valence-corrected chi connectivity index (χ3v) is 7.04. The molecule has 10 nitrogen and oxygen atoms in total. The molecule has 0 unspecified atom stereocenters. The predicted octanol–water partition coefficient (Wildman–Crippen LogP) is 4.25. The fourth-order valence-electron chi connectivity index (χ4n) is 5.08. The molecular weight excluding hydrogens is 494 g/mol. The van der Waals surface area contributed by atoms with Gasteiger partial charge in [0.1, 0.15) is 5.60 Å². The Morgan fingerprint density at radius 3 is 2.41 bits per heavy atom. The Bertz CT molecular complexity index is 1640. The van der Waals surface area contributed by atoms with E-state index in [0.717, 1.165) is 44.7 Å². The zero-order valence-electron chi connectivity index (χ0n) is 22.5. The molecule has 198 valence electrons. The molecule has 0 N–H and O–H groups in total. The Hall–Kier alpha value is -4.69. The van der Waals surface area contributed by atoms with Gasteiger partial charge in [-0.25, -0.2) is 9.59 Å². The minimum Gasteiger partial charge on any atom is -0.444 e. The molecule has 0 saturated carbocycles. The number of carbonyl (C=O) groups is 1. The van der Waals surface area contributed by atoms with Gasteiger partial charge in [0.25, 0.3) is 0 Å². The second-order valence-corrected chi connectivity index (χ2v) is 11.0. The summed E-state index contributed by atoms with van der Waals surface area (Å²) in [5.74, 6) is 2.52. The summed E-state index contributed by atoms with van der Waals surface area (Å²) in [4.78, 5) is 39.5. The number of anilines is 2. The van der Waals surface area contributed by atoms with E-state index in [0.29, 0.717) is 18.9 Å². The van der Waals surface area contributed by atoms with Crippen LogP contribution < -0.4 is 9.80 Å². The number of hydrogen-bond acceptors (Lipinski definition) is 8. The van der Waals surface area contributed by atoms with Crippen LogP contribution in [0.15, 0.2) is 60.9 Å². The van der Waals surface area contributed by atoms with Gasteiger partial charge < -0.3 is 19.4 Å². The van der Waals surface area contributed by atoms with Gasteiger partial charge in [0, 0.05) is 56.1 Å². The highest BCUT2D eigenvalue weighted by molar-refractivity contribution is 6.05. The van der Waals surface area contributed by atoms with Crippen molar-refractivity contribution in [3.63, 3.8) is 0 Å². The van der Waals surface area contributed by atoms with E-state index in [9.17, 15) is 9.59 Å². The standard InChI is InChI=1S/C29H29N7O3/c1-29(2,3)39-28(38)35-15-21(16-35)36-26(17-37)34(5)25-13-31-24-9-6-18(10-22(24)27(25)36)19-7-8-23(30-11-19)20-12-32-33(4)14-20/h6-14,21H,15-16H2,1-5H3. The average Bonchev–Trinajstić information content (AvgIpc) is 3.43. The van der Waals surface area contributed by atoms with Gasteiger partial charge in [-0.2, -0.15) is 5.10 Å². The summed E-state index contributed by atoms with van der Waals surface area (Å²) >= 11 is 0. The van der Waals surface area contributed by atoms with Crippen LogP contribution in [0, 0.1) is 0 Å². The molecule has 1 fully saturated rings. The first-order chi connectivity index (χ1) is 18.6. The minimum absolute atomic E-state index is 0.0904. The summed E-state index contributed by atoms with van der Waals surface area (Å²) < 4.78 is 7.27. The second-order valence-electron chi connectivity index (χ2n) is 11.0. The Balaban J connectivity index is 1.35. The van der Waals surface area contributed by atoms with Gasteiger partial charge in [0.2, 0.25) is 5.82 Å². The molecule has 0 aliphatic carbocycles. The first kappa shape index (κ1) is 24.6. The number of pyridine rings is 2. The van der Waals surface area contributed by atoms with E-state index >= 15 is 0 Å². The summed E-state index contributed by atoms with van der Waals surface area (Å²) in [6.45, 7) is 6.42. The number of amides is 1. The molecular formula is C29H29N7O3. The molecule has 10 heteroatoms. The van der Waals surface area contributed by atoms with Crippen LogP contribution in [0.25, 0.3) is 33.3 Å². The van der Waals surface area contributed by atoms with Crippen molar-refractivity contribution in [2.24, 2.45) is 7.05 Å². The lowest BCUT2D eigenvalue weighted by Gasteiger charge is -2.44. The average molecular weight is 524 g/mol. The predicted molar refractivity (Wildman–Crippen MR) is 149 cm³/mol. The van der Waals surface area contributed by atoms with Crippen LogP contribution >= 0.6 is 0 Å². The molecule has 39 heavy (non-hydrogen) atoms. The molecule has 0 atom stereocenters. The third kappa shape index (κ3) is 4.28. The van der Waals surface area contributed by atoms with Gasteiger partial charge in [0.05, 0.1) is 41.0 Å². The van der Waals surface area contributed by atoms with Crippen molar-refractivity contribution >= 4 is 34.3 Å².